The van der Waals surface area contributed by atoms with Crippen molar-refractivity contribution >= 4 is 43.5 Å². The van der Waals surface area contributed by atoms with Crippen molar-refractivity contribution < 1.29 is 23.1 Å². The summed E-state index contributed by atoms with van der Waals surface area (Å²) >= 11 is 3.19. The van der Waals surface area contributed by atoms with Crippen molar-refractivity contribution in [1.82, 2.24) is 4.90 Å². The topological polar surface area (TPSA) is 104 Å². The van der Waals surface area contributed by atoms with Crippen LogP contribution in [0.1, 0.15) is 10.4 Å². The molecule has 0 aliphatic heterocycles. The van der Waals surface area contributed by atoms with E-state index < -0.39 is 21.8 Å². The van der Waals surface area contributed by atoms with Crippen LogP contribution in [0.15, 0.2) is 22.7 Å². The molecule has 0 fully saturated rings. The first-order chi connectivity index (χ1) is 9.60. The summed E-state index contributed by atoms with van der Waals surface area (Å²) < 4.78 is 22.7. The number of carboxylic acids is 1. The molecule has 0 unspecified atom stereocenters. The molecule has 0 saturated heterocycles. The second-order valence-corrected chi connectivity index (χ2v) is 7.65. The van der Waals surface area contributed by atoms with Crippen molar-refractivity contribution in [2.24, 2.45) is 0 Å². The van der Waals surface area contributed by atoms with Gasteiger partial charge in [0.15, 0.2) is 0 Å². The monoisotopic (exact) mass is 378 g/mol. The smallest absolute Gasteiger partial charge is 0.337 e. The van der Waals surface area contributed by atoms with E-state index in [1.807, 2.05) is 0 Å². The van der Waals surface area contributed by atoms with Crippen LogP contribution in [0.25, 0.3) is 0 Å². The average molecular weight is 379 g/mol. The van der Waals surface area contributed by atoms with Gasteiger partial charge in [-0.25, -0.2) is 18.0 Å². The standard InChI is InChI=1S/C12H15BrN2O5S/c1-15(5-6-21(2,19)20)12(18)14-10-7-8(13)3-4-9(10)11(16)17/h3-4,7H,5-6H2,1-2H3,(H,14,18)(H,16,17). The predicted octanol–water partition coefficient (Wildman–Crippen LogP) is 1.66. The maximum absolute atomic E-state index is 11.9. The SMILES string of the molecule is CN(CCS(C)(=O)=O)C(=O)Nc1cc(Br)ccc1C(=O)O. The van der Waals surface area contributed by atoms with Crippen molar-refractivity contribution in [2.45, 2.75) is 0 Å². The zero-order chi connectivity index (χ0) is 16.2. The molecule has 21 heavy (non-hydrogen) atoms. The maximum atomic E-state index is 11.9. The lowest BCUT2D eigenvalue weighted by molar-refractivity contribution is 0.0698. The minimum atomic E-state index is -3.18. The van der Waals surface area contributed by atoms with Gasteiger partial charge in [-0.15, -0.1) is 0 Å². The Balaban J connectivity index is 2.83. The van der Waals surface area contributed by atoms with Crippen molar-refractivity contribution in [3.63, 3.8) is 0 Å². The molecular formula is C12H15BrN2O5S. The number of urea groups is 1. The van der Waals surface area contributed by atoms with E-state index >= 15 is 0 Å². The zero-order valence-corrected chi connectivity index (χ0v) is 13.9. The minimum Gasteiger partial charge on any atom is -0.478 e. The molecule has 116 valence electrons. The normalized spacial score (nSPS) is 11.0. The van der Waals surface area contributed by atoms with Crippen LogP contribution in [0.4, 0.5) is 10.5 Å². The fourth-order valence-corrected chi connectivity index (χ4v) is 2.39. The van der Waals surface area contributed by atoms with E-state index in [-0.39, 0.29) is 23.5 Å². The number of nitrogens with zero attached hydrogens (tertiary/aromatic N) is 1. The lowest BCUT2D eigenvalue weighted by Gasteiger charge is -2.18. The Bertz CT molecular complexity index is 660. The third kappa shape index (κ3) is 5.72. The number of hydrogen-bond donors (Lipinski definition) is 2. The van der Waals surface area contributed by atoms with Crippen LogP contribution in [0.5, 0.6) is 0 Å². The molecule has 9 heteroatoms. The number of carbonyl (C=O) groups is 2. The van der Waals surface area contributed by atoms with Crippen molar-refractivity contribution in [2.75, 3.05) is 30.9 Å². The number of aromatic carboxylic acids is 1. The Labute approximate surface area is 131 Å². The molecule has 0 saturated carbocycles. The molecule has 2 N–H and O–H groups in total. The highest BCUT2D eigenvalue weighted by molar-refractivity contribution is 9.10. The van der Waals surface area contributed by atoms with Gasteiger partial charge in [0.1, 0.15) is 9.84 Å². The van der Waals surface area contributed by atoms with Gasteiger partial charge >= 0.3 is 12.0 Å². The quantitative estimate of drug-likeness (QED) is 0.810. The number of carbonyl (C=O) groups excluding carboxylic acids is 1. The number of halogens is 1. The molecule has 1 rings (SSSR count). The Kier molecular flexibility index (Phi) is 5.73. The van der Waals surface area contributed by atoms with Gasteiger partial charge in [-0.3, -0.25) is 0 Å². The fourth-order valence-electron chi connectivity index (χ4n) is 1.42. The molecule has 1 aromatic carbocycles. The van der Waals surface area contributed by atoms with Gasteiger partial charge in [-0.1, -0.05) is 15.9 Å². The zero-order valence-electron chi connectivity index (χ0n) is 11.5. The predicted molar refractivity (Wildman–Crippen MR) is 82.5 cm³/mol. The van der Waals surface area contributed by atoms with Gasteiger partial charge in [-0.2, -0.15) is 0 Å². The third-order valence-electron chi connectivity index (χ3n) is 2.60. The summed E-state index contributed by atoms with van der Waals surface area (Å²) in [6.45, 7) is 0.0150. The Hall–Kier alpha value is -1.61. The lowest BCUT2D eigenvalue weighted by atomic mass is 10.2. The van der Waals surface area contributed by atoms with Crippen LogP contribution in [-0.4, -0.2) is 56.0 Å². The number of anilines is 1. The summed E-state index contributed by atoms with van der Waals surface area (Å²) in [4.78, 5) is 24.2. The molecular weight excluding hydrogens is 364 g/mol. The Morgan fingerprint density at radius 3 is 2.52 bits per heavy atom. The largest absolute Gasteiger partial charge is 0.478 e. The second-order valence-electron chi connectivity index (χ2n) is 4.48. The number of amides is 2. The Morgan fingerprint density at radius 2 is 2.00 bits per heavy atom. The van der Waals surface area contributed by atoms with E-state index in [2.05, 4.69) is 21.2 Å². The second kappa shape index (κ2) is 6.90. The fraction of sp³-hybridized carbons (Fsp3) is 0.333. The van der Waals surface area contributed by atoms with Crippen LogP contribution in [0.3, 0.4) is 0 Å². The summed E-state index contributed by atoms with van der Waals surface area (Å²) in [6, 6.07) is 3.79. The molecule has 2 amide bonds. The molecule has 0 aliphatic carbocycles. The van der Waals surface area contributed by atoms with Crippen LogP contribution >= 0.6 is 15.9 Å². The summed E-state index contributed by atoms with van der Waals surface area (Å²) in [5, 5.41) is 11.5. The number of carboxylic acid groups (broad SMARTS) is 1. The number of sulfone groups is 1. The molecule has 1 aromatic rings. The van der Waals surface area contributed by atoms with Crippen LogP contribution < -0.4 is 5.32 Å². The maximum Gasteiger partial charge on any atom is 0.337 e. The molecule has 0 bridgehead atoms. The van der Waals surface area contributed by atoms with Crippen molar-refractivity contribution in [3.8, 4) is 0 Å². The van der Waals surface area contributed by atoms with E-state index in [4.69, 9.17) is 5.11 Å². The first-order valence-corrected chi connectivity index (χ1v) is 8.68. The van der Waals surface area contributed by atoms with Crippen LogP contribution in [-0.2, 0) is 9.84 Å². The summed E-state index contributed by atoms with van der Waals surface area (Å²) in [5.74, 6) is -1.34. The lowest BCUT2D eigenvalue weighted by Crippen LogP contribution is -2.35. The van der Waals surface area contributed by atoms with Gasteiger partial charge < -0.3 is 15.3 Å². The highest BCUT2D eigenvalue weighted by Crippen LogP contribution is 2.21. The van der Waals surface area contributed by atoms with Crippen LogP contribution in [0.2, 0.25) is 0 Å². The first kappa shape index (κ1) is 17.4. The van der Waals surface area contributed by atoms with Gasteiger partial charge in [-0.05, 0) is 18.2 Å². The minimum absolute atomic E-state index is 0.0150. The van der Waals surface area contributed by atoms with Gasteiger partial charge in [0.25, 0.3) is 0 Å². The number of nitrogens with one attached hydrogen (secondary N) is 1. The van der Waals surface area contributed by atoms with E-state index in [0.29, 0.717) is 4.47 Å². The molecule has 7 nitrogen and oxygen atoms in total. The molecule has 0 radical (unpaired) electrons. The highest BCUT2D eigenvalue weighted by Gasteiger charge is 2.16. The number of benzene rings is 1. The van der Waals surface area contributed by atoms with Crippen molar-refractivity contribution in [3.05, 3.63) is 28.2 Å². The molecule has 0 spiro atoms. The summed E-state index contributed by atoms with van der Waals surface area (Å²) in [6.07, 6.45) is 1.08. The third-order valence-corrected chi connectivity index (χ3v) is 4.02. The summed E-state index contributed by atoms with van der Waals surface area (Å²) in [5.41, 5.74) is 0.0798. The number of hydrogen-bond acceptors (Lipinski definition) is 4. The van der Waals surface area contributed by atoms with E-state index in [0.717, 1.165) is 6.26 Å². The van der Waals surface area contributed by atoms with E-state index in [1.165, 1.54) is 24.1 Å². The summed E-state index contributed by atoms with van der Waals surface area (Å²) in [7, 11) is -1.75. The molecule has 0 aromatic heterocycles. The average Bonchev–Trinajstić information content (AvgIpc) is 2.34. The highest BCUT2D eigenvalue weighted by atomic mass is 79.9. The molecule has 0 atom stereocenters. The number of rotatable bonds is 5. The van der Waals surface area contributed by atoms with E-state index in [9.17, 15) is 18.0 Å². The molecule has 0 heterocycles. The van der Waals surface area contributed by atoms with Gasteiger partial charge in [0, 0.05) is 24.3 Å². The van der Waals surface area contributed by atoms with Crippen molar-refractivity contribution in [1.29, 1.82) is 0 Å². The van der Waals surface area contributed by atoms with E-state index in [1.54, 1.807) is 6.07 Å². The first-order valence-electron chi connectivity index (χ1n) is 5.83. The molecule has 0 aliphatic rings. The Morgan fingerprint density at radius 1 is 1.38 bits per heavy atom. The van der Waals surface area contributed by atoms with Gasteiger partial charge in [0.2, 0.25) is 0 Å². The van der Waals surface area contributed by atoms with Gasteiger partial charge in [0.05, 0.1) is 17.0 Å². The van der Waals surface area contributed by atoms with Crippen LogP contribution in [0, 0.1) is 0 Å².